The van der Waals surface area contributed by atoms with Crippen molar-refractivity contribution in [2.45, 2.75) is 18.0 Å². The second-order valence-electron chi connectivity index (χ2n) is 8.61. The lowest BCUT2D eigenvalue weighted by Crippen LogP contribution is -2.39. The molecule has 0 aromatic heterocycles. The summed E-state index contributed by atoms with van der Waals surface area (Å²) in [6.45, 7) is -0.120. The zero-order valence-corrected chi connectivity index (χ0v) is 24.9. The van der Waals surface area contributed by atoms with Gasteiger partial charge >= 0.3 is 0 Å². The summed E-state index contributed by atoms with van der Waals surface area (Å²) in [5.41, 5.74) is 4.76. The van der Waals surface area contributed by atoms with E-state index >= 15 is 0 Å². The van der Waals surface area contributed by atoms with Crippen LogP contribution in [0.25, 0.3) is 0 Å². The number of sulfonamides is 1. The Morgan fingerprint density at radius 3 is 2.27 bits per heavy atom. The Bertz CT molecular complexity index is 1580. The van der Waals surface area contributed by atoms with Crippen molar-refractivity contribution >= 4 is 61.3 Å². The van der Waals surface area contributed by atoms with Crippen LogP contribution < -0.4 is 10.2 Å². The monoisotopic (exact) mass is 659 g/mol. The van der Waals surface area contributed by atoms with Gasteiger partial charge in [-0.15, -0.1) is 0 Å². The van der Waals surface area contributed by atoms with E-state index in [0.29, 0.717) is 22.9 Å². The minimum Gasteiger partial charge on any atom is -0.489 e. The van der Waals surface area contributed by atoms with E-state index in [0.717, 1.165) is 19.9 Å². The Morgan fingerprint density at radius 2 is 1.60 bits per heavy atom. The lowest BCUT2D eigenvalue weighted by molar-refractivity contribution is -0.121. The summed E-state index contributed by atoms with van der Waals surface area (Å²) in [5, 5.41) is 4.61. The molecule has 40 heavy (non-hydrogen) atoms. The Kier molecular flexibility index (Phi) is 10.4. The molecule has 7 nitrogen and oxygen atoms in total. The summed E-state index contributed by atoms with van der Waals surface area (Å²) < 4.78 is 34.4. The van der Waals surface area contributed by atoms with Gasteiger partial charge in [-0.2, -0.15) is 9.41 Å². The number of hydrazone groups is 1. The average molecular weight is 661 g/mol. The third-order valence-corrected chi connectivity index (χ3v) is 8.72. The first-order valence-corrected chi connectivity index (χ1v) is 15.0. The first-order chi connectivity index (χ1) is 19.2. The Hall–Kier alpha value is -3.21. The van der Waals surface area contributed by atoms with E-state index in [1.54, 1.807) is 54.6 Å². The molecule has 0 aliphatic carbocycles. The molecule has 0 spiro atoms. The van der Waals surface area contributed by atoms with Crippen molar-refractivity contribution in [1.29, 1.82) is 0 Å². The minimum absolute atomic E-state index is 0.0432. The van der Waals surface area contributed by atoms with Crippen LogP contribution in [-0.4, -0.2) is 31.4 Å². The van der Waals surface area contributed by atoms with E-state index in [4.69, 9.17) is 27.9 Å². The molecule has 4 rings (SSSR count). The SMILES string of the molecule is O=C(CN(Cc1ccc(Cl)c(Cl)c1)S(=O)(=O)c1ccc(Br)cc1)N/N=C/c1ccc(OCc2ccccc2)cc1. The van der Waals surface area contributed by atoms with Gasteiger partial charge in [0.2, 0.25) is 10.0 Å². The molecule has 4 aromatic carbocycles. The molecule has 0 heterocycles. The number of rotatable bonds is 11. The third kappa shape index (κ3) is 8.39. The van der Waals surface area contributed by atoms with Crippen molar-refractivity contribution in [2.75, 3.05) is 6.54 Å². The van der Waals surface area contributed by atoms with E-state index < -0.39 is 22.5 Å². The van der Waals surface area contributed by atoms with Crippen LogP contribution in [0.2, 0.25) is 10.0 Å². The lowest BCUT2D eigenvalue weighted by atomic mass is 10.2. The molecule has 0 aliphatic heterocycles. The second kappa shape index (κ2) is 13.9. The van der Waals surface area contributed by atoms with Crippen LogP contribution in [0.4, 0.5) is 0 Å². The van der Waals surface area contributed by atoms with E-state index in [1.807, 2.05) is 30.3 Å². The van der Waals surface area contributed by atoms with Gasteiger partial charge in [0.25, 0.3) is 5.91 Å². The fourth-order valence-corrected chi connectivity index (χ4v) is 5.56. The Morgan fingerprint density at radius 1 is 0.900 bits per heavy atom. The van der Waals surface area contributed by atoms with E-state index in [-0.39, 0.29) is 16.5 Å². The van der Waals surface area contributed by atoms with Gasteiger partial charge in [-0.1, -0.05) is 75.5 Å². The highest BCUT2D eigenvalue weighted by Gasteiger charge is 2.27. The molecule has 0 fully saturated rings. The molecule has 0 bridgehead atoms. The van der Waals surface area contributed by atoms with Crippen LogP contribution >= 0.6 is 39.1 Å². The quantitative estimate of drug-likeness (QED) is 0.144. The van der Waals surface area contributed by atoms with Crippen LogP contribution in [0, 0.1) is 0 Å². The zero-order valence-electron chi connectivity index (χ0n) is 21.0. The number of carbonyl (C=O) groups is 1. The molecule has 206 valence electrons. The van der Waals surface area contributed by atoms with Crippen LogP contribution in [0.15, 0.2) is 112 Å². The summed E-state index contributed by atoms with van der Waals surface area (Å²) in [6.07, 6.45) is 1.46. The van der Waals surface area contributed by atoms with Crippen molar-refractivity contribution in [3.63, 3.8) is 0 Å². The summed E-state index contributed by atoms with van der Waals surface area (Å²) in [5.74, 6) is 0.0842. The number of hydrogen-bond donors (Lipinski definition) is 1. The number of nitrogens with zero attached hydrogens (tertiary/aromatic N) is 2. The molecule has 0 aliphatic rings. The maximum Gasteiger partial charge on any atom is 0.255 e. The number of nitrogens with one attached hydrogen (secondary N) is 1. The molecule has 0 saturated carbocycles. The molecule has 0 unspecified atom stereocenters. The number of halogens is 3. The van der Waals surface area contributed by atoms with Crippen molar-refractivity contribution in [3.05, 3.63) is 128 Å². The molecule has 1 N–H and O–H groups in total. The fraction of sp³-hybridized carbons (Fsp3) is 0.103. The van der Waals surface area contributed by atoms with Gasteiger partial charge < -0.3 is 4.74 Å². The van der Waals surface area contributed by atoms with Gasteiger partial charge in [0, 0.05) is 11.0 Å². The van der Waals surface area contributed by atoms with Gasteiger partial charge in [-0.05, 0) is 77.4 Å². The Balaban J connectivity index is 1.41. The normalized spacial score (nSPS) is 11.6. The van der Waals surface area contributed by atoms with Crippen molar-refractivity contribution in [2.24, 2.45) is 5.10 Å². The maximum absolute atomic E-state index is 13.4. The highest BCUT2D eigenvalue weighted by atomic mass is 79.9. The summed E-state index contributed by atoms with van der Waals surface area (Å²) in [4.78, 5) is 12.8. The van der Waals surface area contributed by atoms with Crippen LogP contribution in [0.5, 0.6) is 5.75 Å². The molecule has 0 saturated heterocycles. The van der Waals surface area contributed by atoms with E-state index in [9.17, 15) is 13.2 Å². The molecular formula is C29H24BrCl2N3O4S. The first kappa shape index (κ1) is 29.8. The van der Waals surface area contributed by atoms with Gasteiger partial charge in [-0.3, -0.25) is 4.79 Å². The first-order valence-electron chi connectivity index (χ1n) is 12.0. The van der Waals surface area contributed by atoms with Crippen molar-refractivity contribution < 1.29 is 17.9 Å². The molecule has 4 aromatic rings. The van der Waals surface area contributed by atoms with E-state index in [2.05, 4.69) is 26.5 Å². The van der Waals surface area contributed by atoms with Gasteiger partial charge in [0.15, 0.2) is 0 Å². The Labute approximate surface area is 251 Å². The number of carbonyl (C=O) groups excluding carboxylic acids is 1. The fourth-order valence-electron chi connectivity index (χ4n) is 3.59. The lowest BCUT2D eigenvalue weighted by Gasteiger charge is -2.22. The maximum atomic E-state index is 13.4. The predicted molar refractivity (Wildman–Crippen MR) is 161 cm³/mol. The predicted octanol–water partition coefficient (Wildman–Crippen LogP) is 6.68. The van der Waals surface area contributed by atoms with Crippen LogP contribution in [0.3, 0.4) is 0 Å². The summed E-state index contributed by atoms with van der Waals surface area (Å²) in [7, 11) is -4.03. The van der Waals surface area contributed by atoms with Crippen LogP contribution in [0.1, 0.15) is 16.7 Å². The minimum atomic E-state index is -4.03. The summed E-state index contributed by atoms with van der Waals surface area (Å²) in [6, 6.07) is 28.0. The largest absolute Gasteiger partial charge is 0.489 e. The number of ether oxygens (including phenoxy) is 1. The highest BCUT2D eigenvalue weighted by Crippen LogP contribution is 2.25. The van der Waals surface area contributed by atoms with E-state index in [1.165, 1.54) is 18.3 Å². The smallest absolute Gasteiger partial charge is 0.255 e. The average Bonchev–Trinajstić information content (AvgIpc) is 2.95. The second-order valence-corrected chi connectivity index (χ2v) is 12.3. The number of hydrogen-bond acceptors (Lipinski definition) is 5. The highest BCUT2D eigenvalue weighted by molar-refractivity contribution is 9.10. The van der Waals surface area contributed by atoms with Gasteiger partial charge in [0.05, 0.1) is 27.7 Å². The van der Waals surface area contributed by atoms with Gasteiger partial charge in [-0.25, -0.2) is 13.8 Å². The van der Waals surface area contributed by atoms with Gasteiger partial charge in [0.1, 0.15) is 12.4 Å². The number of benzene rings is 4. The standard InChI is InChI=1S/C29H24BrCl2N3O4S/c30-24-9-13-26(14-10-24)40(37,38)35(18-23-8-15-27(31)28(32)16-23)19-29(36)34-33-17-21-6-11-25(12-7-21)39-20-22-4-2-1-3-5-22/h1-17H,18-20H2,(H,34,36)/b33-17+. The molecule has 11 heteroatoms. The van der Waals surface area contributed by atoms with Crippen LogP contribution in [-0.2, 0) is 28.0 Å². The molecule has 0 radical (unpaired) electrons. The van der Waals surface area contributed by atoms with Crippen molar-refractivity contribution in [1.82, 2.24) is 9.73 Å². The zero-order chi connectivity index (χ0) is 28.5. The topological polar surface area (TPSA) is 88.1 Å². The van der Waals surface area contributed by atoms with Crippen molar-refractivity contribution in [3.8, 4) is 5.75 Å². The number of amides is 1. The summed E-state index contributed by atoms with van der Waals surface area (Å²) >= 11 is 15.4. The molecule has 0 atom stereocenters. The molecule has 1 amide bonds. The third-order valence-electron chi connectivity index (χ3n) is 5.65. The molecular weight excluding hydrogens is 637 g/mol.